The van der Waals surface area contributed by atoms with Gasteiger partial charge < -0.3 is 19.7 Å². The SMILES string of the molecule is Cc1cccc(OCCCC(=O)N2CCCOc3c(-c4cnn(Cc5c(F)cc(C(=O)NCCS(=O)(=O)O)cc5Cl)c4)cccc32)c1C. The van der Waals surface area contributed by atoms with Crippen molar-refractivity contribution < 1.29 is 36.4 Å². The van der Waals surface area contributed by atoms with Gasteiger partial charge in [-0.25, -0.2) is 4.39 Å². The highest BCUT2D eigenvalue weighted by Crippen LogP contribution is 2.40. The van der Waals surface area contributed by atoms with Crippen LogP contribution in [-0.4, -0.2) is 66.6 Å². The third kappa shape index (κ3) is 8.52. The van der Waals surface area contributed by atoms with E-state index in [2.05, 4.69) is 10.4 Å². The summed E-state index contributed by atoms with van der Waals surface area (Å²) in [5.41, 5.74) is 4.31. The Morgan fingerprint density at radius 1 is 1.17 bits per heavy atom. The van der Waals surface area contributed by atoms with Gasteiger partial charge in [0, 0.05) is 53.0 Å². The van der Waals surface area contributed by atoms with Gasteiger partial charge >= 0.3 is 0 Å². The van der Waals surface area contributed by atoms with Crippen molar-refractivity contribution in [1.29, 1.82) is 0 Å². The molecule has 0 fully saturated rings. The molecule has 0 bridgehead atoms. The van der Waals surface area contributed by atoms with Crippen LogP contribution in [0.25, 0.3) is 11.1 Å². The number of carbonyl (C=O) groups excluding carboxylic acids is 2. The summed E-state index contributed by atoms with van der Waals surface area (Å²) in [6.45, 7) is 5.01. The van der Waals surface area contributed by atoms with Crippen LogP contribution in [0, 0.1) is 19.7 Å². The Labute approximate surface area is 283 Å². The third-order valence-electron chi connectivity index (χ3n) is 8.02. The minimum Gasteiger partial charge on any atom is -0.493 e. The summed E-state index contributed by atoms with van der Waals surface area (Å²) in [6, 6.07) is 13.8. The van der Waals surface area contributed by atoms with Gasteiger partial charge in [-0.15, -0.1) is 0 Å². The number of fused-ring (bicyclic) bond motifs is 1. The average Bonchev–Trinajstić information content (AvgIpc) is 3.39. The van der Waals surface area contributed by atoms with E-state index in [1.165, 1.54) is 10.7 Å². The van der Waals surface area contributed by atoms with Gasteiger partial charge in [-0.2, -0.15) is 13.5 Å². The minimum absolute atomic E-state index is 0.0162. The van der Waals surface area contributed by atoms with E-state index in [1.54, 1.807) is 17.3 Å². The number of anilines is 1. The van der Waals surface area contributed by atoms with Crippen molar-refractivity contribution >= 4 is 39.2 Å². The monoisotopic (exact) mass is 698 g/mol. The highest BCUT2D eigenvalue weighted by atomic mass is 35.5. The lowest BCUT2D eigenvalue weighted by Gasteiger charge is -2.23. The number of benzene rings is 3. The summed E-state index contributed by atoms with van der Waals surface area (Å²) in [5, 5.41) is 6.67. The lowest BCUT2D eigenvalue weighted by Crippen LogP contribution is -2.31. The normalized spacial score (nSPS) is 13.0. The van der Waals surface area contributed by atoms with Crippen LogP contribution in [0.3, 0.4) is 0 Å². The van der Waals surface area contributed by atoms with Gasteiger partial charge in [-0.05, 0) is 62.1 Å². The molecule has 5 rings (SSSR count). The number of rotatable bonds is 12. The zero-order chi connectivity index (χ0) is 34.4. The highest BCUT2D eigenvalue weighted by molar-refractivity contribution is 7.85. The molecule has 3 aromatic carbocycles. The first-order valence-electron chi connectivity index (χ1n) is 15.4. The fourth-order valence-corrected chi connectivity index (χ4v) is 5.97. The van der Waals surface area contributed by atoms with Crippen molar-refractivity contribution in [1.82, 2.24) is 15.1 Å². The quantitative estimate of drug-likeness (QED) is 0.144. The van der Waals surface area contributed by atoms with Crippen molar-refractivity contribution in [3.8, 4) is 22.6 Å². The number of hydrogen-bond donors (Lipinski definition) is 2. The minimum atomic E-state index is -4.26. The van der Waals surface area contributed by atoms with E-state index in [-0.39, 0.29) is 35.1 Å². The Morgan fingerprint density at radius 2 is 1.96 bits per heavy atom. The number of hydrogen-bond acceptors (Lipinski definition) is 7. The molecule has 0 aliphatic carbocycles. The Balaban J connectivity index is 1.27. The topological polar surface area (TPSA) is 140 Å². The van der Waals surface area contributed by atoms with Crippen LogP contribution in [0.4, 0.5) is 10.1 Å². The van der Waals surface area contributed by atoms with Crippen LogP contribution < -0.4 is 19.7 Å². The van der Waals surface area contributed by atoms with Crippen molar-refractivity contribution in [3.05, 3.63) is 94.0 Å². The van der Waals surface area contributed by atoms with Crippen LogP contribution in [0.15, 0.2) is 60.9 Å². The van der Waals surface area contributed by atoms with E-state index in [0.717, 1.165) is 28.5 Å². The Hall–Kier alpha value is -4.46. The molecule has 11 nitrogen and oxygen atoms in total. The van der Waals surface area contributed by atoms with Crippen LogP contribution in [0.5, 0.6) is 11.5 Å². The lowest BCUT2D eigenvalue weighted by atomic mass is 10.1. The molecule has 0 saturated heterocycles. The van der Waals surface area contributed by atoms with E-state index in [9.17, 15) is 18.0 Å². The predicted molar refractivity (Wildman–Crippen MR) is 180 cm³/mol. The van der Waals surface area contributed by atoms with Crippen molar-refractivity contribution in [2.75, 3.05) is 37.0 Å². The van der Waals surface area contributed by atoms with Crippen molar-refractivity contribution in [3.63, 3.8) is 0 Å². The molecule has 4 aromatic rings. The van der Waals surface area contributed by atoms with Crippen molar-refractivity contribution in [2.45, 2.75) is 39.7 Å². The molecule has 0 radical (unpaired) electrons. The largest absolute Gasteiger partial charge is 0.493 e. The molecule has 0 saturated carbocycles. The van der Waals surface area contributed by atoms with E-state index in [0.29, 0.717) is 56.0 Å². The lowest BCUT2D eigenvalue weighted by molar-refractivity contribution is -0.118. The Kier molecular flexibility index (Phi) is 11.0. The first-order chi connectivity index (χ1) is 22.9. The molecule has 2 amide bonds. The molecule has 254 valence electrons. The van der Waals surface area contributed by atoms with Gasteiger partial charge in [0.1, 0.15) is 11.6 Å². The first-order valence-corrected chi connectivity index (χ1v) is 17.4. The van der Waals surface area contributed by atoms with E-state index < -0.39 is 27.6 Å². The summed E-state index contributed by atoms with van der Waals surface area (Å²) >= 11 is 6.35. The predicted octanol–water partition coefficient (Wildman–Crippen LogP) is 5.60. The van der Waals surface area contributed by atoms with E-state index in [1.807, 2.05) is 50.2 Å². The molecular formula is C34H36ClFN4O7S. The average molecular weight is 699 g/mol. The fourth-order valence-electron chi connectivity index (χ4n) is 5.35. The number of amides is 2. The molecule has 48 heavy (non-hydrogen) atoms. The summed E-state index contributed by atoms with van der Waals surface area (Å²) in [7, 11) is -4.26. The number of aryl methyl sites for hydroxylation is 1. The number of nitrogens with one attached hydrogen (secondary N) is 1. The second-order valence-electron chi connectivity index (χ2n) is 11.4. The smallest absolute Gasteiger partial charge is 0.266 e. The van der Waals surface area contributed by atoms with Crippen molar-refractivity contribution in [2.24, 2.45) is 0 Å². The summed E-state index contributed by atoms with van der Waals surface area (Å²) in [5.74, 6) is -0.812. The zero-order valence-corrected chi connectivity index (χ0v) is 28.1. The summed E-state index contributed by atoms with van der Waals surface area (Å²) in [4.78, 5) is 27.5. The maximum atomic E-state index is 15.1. The molecule has 14 heteroatoms. The van der Waals surface area contributed by atoms with E-state index in [4.69, 9.17) is 25.6 Å². The molecule has 0 unspecified atom stereocenters. The maximum Gasteiger partial charge on any atom is 0.266 e. The standard InChI is InChI=1S/C34H36ClFN4O7S/c1-22-7-3-10-31(23(22)2)46-14-5-11-32(41)40-13-6-15-47-33-26(8-4-9-30(33)40)25-19-38-39(20-25)21-27-28(35)17-24(18-29(27)36)34(42)37-12-16-48(43,44)45/h3-4,7-10,17-20H,5-6,11-16,21H2,1-2H3,(H,37,42)(H,43,44,45). The molecule has 0 atom stereocenters. The summed E-state index contributed by atoms with van der Waals surface area (Å²) < 4.78 is 59.3. The molecule has 2 N–H and O–H groups in total. The third-order valence-corrected chi connectivity index (χ3v) is 9.08. The molecule has 1 aromatic heterocycles. The number of para-hydroxylation sites is 1. The van der Waals surface area contributed by atoms with Gasteiger partial charge in [-0.1, -0.05) is 35.9 Å². The Morgan fingerprint density at radius 3 is 2.73 bits per heavy atom. The molecule has 1 aliphatic rings. The molecule has 1 aliphatic heterocycles. The highest BCUT2D eigenvalue weighted by Gasteiger charge is 2.25. The fraction of sp³-hybridized carbons (Fsp3) is 0.324. The van der Waals surface area contributed by atoms with Gasteiger partial charge in [0.25, 0.3) is 16.0 Å². The van der Waals surface area contributed by atoms with Gasteiger partial charge in [0.05, 0.1) is 37.4 Å². The number of ether oxygens (including phenoxy) is 2. The number of nitrogens with zero attached hydrogens (tertiary/aromatic N) is 3. The second-order valence-corrected chi connectivity index (χ2v) is 13.4. The number of halogens is 2. The van der Waals surface area contributed by atoms with Gasteiger partial charge in [0.2, 0.25) is 5.91 Å². The maximum absolute atomic E-state index is 15.1. The van der Waals surface area contributed by atoms with Crippen LogP contribution in [0.2, 0.25) is 5.02 Å². The first kappa shape index (κ1) is 34.9. The Bertz CT molecular complexity index is 1910. The van der Waals surface area contributed by atoms with Gasteiger partial charge in [0.15, 0.2) is 5.75 Å². The summed E-state index contributed by atoms with van der Waals surface area (Å²) in [6.07, 6.45) is 4.86. The molecule has 0 spiro atoms. The second kappa shape index (κ2) is 15.2. The van der Waals surface area contributed by atoms with Gasteiger partial charge in [-0.3, -0.25) is 18.8 Å². The van der Waals surface area contributed by atoms with E-state index >= 15 is 4.39 Å². The van der Waals surface area contributed by atoms with Crippen LogP contribution in [-0.2, 0) is 21.5 Å². The number of aromatic nitrogens is 2. The van der Waals surface area contributed by atoms with Crippen LogP contribution in [0.1, 0.15) is 46.3 Å². The zero-order valence-electron chi connectivity index (χ0n) is 26.5. The van der Waals surface area contributed by atoms with Crippen LogP contribution >= 0.6 is 11.6 Å². The molecular weight excluding hydrogens is 663 g/mol. The molecule has 2 heterocycles. The number of carbonyl (C=O) groups is 2.